The van der Waals surface area contributed by atoms with E-state index in [0.717, 1.165) is 14.9 Å². The van der Waals surface area contributed by atoms with Gasteiger partial charge in [0.2, 0.25) is 5.91 Å². The average molecular weight is 631 g/mol. The highest BCUT2D eigenvalue weighted by atomic mass is 79.9. The summed E-state index contributed by atoms with van der Waals surface area (Å²) in [5.41, 5.74) is 2.38. The minimum atomic E-state index is -1.04. The molecule has 0 saturated carbocycles. The highest BCUT2D eigenvalue weighted by molar-refractivity contribution is 9.10. The third-order valence-electron chi connectivity index (χ3n) is 5.61. The lowest BCUT2D eigenvalue weighted by Gasteiger charge is -2.12. The van der Waals surface area contributed by atoms with Crippen molar-refractivity contribution in [3.63, 3.8) is 0 Å². The van der Waals surface area contributed by atoms with Crippen LogP contribution < -0.4 is 16.0 Å². The quantitative estimate of drug-likeness (QED) is 0.121. The van der Waals surface area contributed by atoms with Crippen molar-refractivity contribution in [1.29, 1.82) is 0 Å². The second-order valence-corrected chi connectivity index (χ2v) is 10.6. The first kappa shape index (κ1) is 29.3. The lowest BCUT2D eigenvalue weighted by molar-refractivity contribution is -0.114. The van der Waals surface area contributed by atoms with E-state index in [2.05, 4.69) is 31.9 Å². The fourth-order valence-electron chi connectivity index (χ4n) is 3.54. The first-order valence-electron chi connectivity index (χ1n) is 12.3. The Kier molecular flexibility index (Phi) is 10.1. The summed E-state index contributed by atoms with van der Waals surface area (Å²) in [5, 5.41) is 17.2. The summed E-state index contributed by atoms with van der Waals surface area (Å²) in [7, 11) is 0. The van der Waals surface area contributed by atoms with Crippen LogP contribution in [0, 0.1) is 0 Å². The van der Waals surface area contributed by atoms with Crippen molar-refractivity contribution in [2.45, 2.75) is 4.90 Å². The van der Waals surface area contributed by atoms with E-state index >= 15 is 0 Å². The summed E-state index contributed by atoms with van der Waals surface area (Å²) < 4.78 is 0.888. The molecule has 0 aromatic heterocycles. The predicted octanol–water partition coefficient (Wildman–Crippen LogP) is 6.29. The number of thioether (sulfide) groups is 1. The second-order valence-electron chi connectivity index (χ2n) is 8.63. The van der Waals surface area contributed by atoms with Gasteiger partial charge in [-0.1, -0.05) is 46.3 Å². The molecule has 206 valence electrons. The van der Waals surface area contributed by atoms with Crippen LogP contribution in [0.15, 0.2) is 118 Å². The molecule has 4 N–H and O–H groups in total. The molecule has 0 fully saturated rings. The Hall–Kier alpha value is -4.67. The molecule has 0 aliphatic heterocycles. The maximum Gasteiger partial charge on any atom is 0.335 e. The maximum absolute atomic E-state index is 13.2. The van der Waals surface area contributed by atoms with E-state index in [-0.39, 0.29) is 22.9 Å². The zero-order valence-electron chi connectivity index (χ0n) is 21.5. The number of rotatable bonds is 10. The number of anilines is 2. The van der Waals surface area contributed by atoms with Gasteiger partial charge in [0.1, 0.15) is 5.70 Å². The Labute approximate surface area is 249 Å². The standard InChI is InChI=1S/C31H24BrN3O5S/c32-23-10-6-20(7-11-23)18-27(35-29(37)21-4-2-1-3-5-21)30(38)34-25-14-16-26(17-15-25)41-19-28(36)33-24-12-8-22(9-13-24)31(39)40/h1-18H,19H2,(H,33,36)(H,34,38)(H,35,37)(H,39,40)/b27-18-. The van der Waals surface area contributed by atoms with Crippen molar-refractivity contribution < 1.29 is 24.3 Å². The Bertz CT molecular complexity index is 1570. The SMILES string of the molecule is O=C(CSc1ccc(NC(=O)/C(=C/c2ccc(Br)cc2)NC(=O)c2ccccc2)cc1)Nc1ccc(C(=O)O)cc1. The van der Waals surface area contributed by atoms with Crippen molar-refractivity contribution in [3.8, 4) is 0 Å². The first-order valence-corrected chi connectivity index (χ1v) is 14.1. The van der Waals surface area contributed by atoms with E-state index in [4.69, 9.17) is 5.11 Å². The average Bonchev–Trinajstić information content (AvgIpc) is 2.98. The van der Waals surface area contributed by atoms with E-state index < -0.39 is 17.8 Å². The molecule has 4 aromatic rings. The summed E-state index contributed by atoms with van der Waals surface area (Å²) in [6, 6.07) is 28.8. The van der Waals surface area contributed by atoms with Crippen LogP contribution in [0.25, 0.3) is 6.08 Å². The van der Waals surface area contributed by atoms with E-state index in [1.165, 1.54) is 36.0 Å². The smallest absolute Gasteiger partial charge is 0.335 e. The van der Waals surface area contributed by atoms with Gasteiger partial charge in [0.15, 0.2) is 0 Å². The zero-order chi connectivity index (χ0) is 29.2. The number of halogens is 1. The van der Waals surface area contributed by atoms with Gasteiger partial charge in [-0.2, -0.15) is 0 Å². The van der Waals surface area contributed by atoms with Crippen LogP contribution in [0.1, 0.15) is 26.3 Å². The largest absolute Gasteiger partial charge is 0.478 e. The lowest BCUT2D eigenvalue weighted by atomic mass is 10.1. The fourth-order valence-corrected chi connectivity index (χ4v) is 4.51. The first-order chi connectivity index (χ1) is 19.8. The van der Waals surface area contributed by atoms with Gasteiger partial charge in [-0.3, -0.25) is 14.4 Å². The Morgan fingerprint density at radius 1 is 0.732 bits per heavy atom. The van der Waals surface area contributed by atoms with Crippen LogP contribution in [-0.2, 0) is 9.59 Å². The molecule has 0 heterocycles. The van der Waals surface area contributed by atoms with Crippen LogP contribution in [0.5, 0.6) is 0 Å². The topological polar surface area (TPSA) is 125 Å². The molecule has 0 bridgehead atoms. The lowest BCUT2D eigenvalue weighted by Crippen LogP contribution is -2.30. The van der Waals surface area contributed by atoms with Crippen LogP contribution >= 0.6 is 27.7 Å². The van der Waals surface area contributed by atoms with Gasteiger partial charge in [0.25, 0.3) is 11.8 Å². The van der Waals surface area contributed by atoms with Crippen LogP contribution in [0.3, 0.4) is 0 Å². The number of carbonyl (C=O) groups is 4. The Morgan fingerprint density at radius 3 is 1.98 bits per heavy atom. The number of nitrogens with one attached hydrogen (secondary N) is 3. The number of benzene rings is 4. The summed E-state index contributed by atoms with van der Waals surface area (Å²) in [6.45, 7) is 0. The van der Waals surface area contributed by atoms with Gasteiger partial charge in [-0.05, 0) is 84.4 Å². The number of carboxylic acid groups (broad SMARTS) is 1. The predicted molar refractivity (Wildman–Crippen MR) is 164 cm³/mol. The monoisotopic (exact) mass is 629 g/mol. The van der Waals surface area contributed by atoms with Gasteiger partial charge in [0, 0.05) is 26.3 Å². The van der Waals surface area contributed by atoms with Crippen molar-refractivity contribution in [1.82, 2.24) is 5.32 Å². The van der Waals surface area contributed by atoms with Crippen molar-refractivity contribution in [2.75, 3.05) is 16.4 Å². The molecule has 3 amide bonds. The molecule has 0 unspecified atom stereocenters. The second kappa shape index (κ2) is 14.1. The van der Waals surface area contributed by atoms with Crippen LogP contribution in [0.2, 0.25) is 0 Å². The zero-order valence-corrected chi connectivity index (χ0v) is 23.9. The number of aromatic carboxylic acids is 1. The maximum atomic E-state index is 13.2. The molecule has 0 atom stereocenters. The van der Waals surface area contributed by atoms with Crippen LogP contribution in [-0.4, -0.2) is 34.6 Å². The molecule has 0 saturated heterocycles. The minimum Gasteiger partial charge on any atom is -0.478 e. The minimum absolute atomic E-state index is 0.0766. The number of carboxylic acids is 1. The highest BCUT2D eigenvalue weighted by Crippen LogP contribution is 2.22. The number of hydrogen-bond donors (Lipinski definition) is 4. The third kappa shape index (κ3) is 8.92. The molecule has 0 aliphatic carbocycles. The van der Waals surface area contributed by atoms with Gasteiger partial charge < -0.3 is 21.1 Å². The number of carbonyl (C=O) groups excluding carboxylic acids is 3. The van der Waals surface area contributed by atoms with Crippen molar-refractivity contribution in [2.24, 2.45) is 0 Å². The molecular weight excluding hydrogens is 606 g/mol. The van der Waals surface area contributed by atoms with Crippen molar-refractivity contribution >= 4 is 68.8 Å². The molecule has 0 spiro atoms. The fraction of sp³-hybridized carbons (Fsp3) is 0.0323. The normalized spacial score (nSPS) is 10.9. The van der Waals surface area contributed by atoms with Gasteiger partial charge in [-0.25, -0.2) is 4.79 Å². The molecule has 41 heavy (non-hydrogen) atoms. The summed E-state index contributed by atoms with van der Waals surface area (Å²) >= 11 is 4.70. The van der Waals surface area contributed by atoms with E-state index in [0.29, 0.717) is 16.9 Å². The summed E-state index contributed by atoms with van der Waals surface area (Å²) in [6.07, 6.45) is 1.60. The van der Waals surface area contributed by atoms with Gasteiger partial charge in [0.05, 0.1) is 11.3 Å². The molecule has 8 nitrogen and oxygen atoms in total. The van der Waals surface area contributed by atoms with Gasteiger partial charge in [-0.15, -0.1) is 11.8 Å². The van der Waals surface area contributed by atoms with Crippen LogP contribution in [0.4, 0.5) is 11.4 Å². The van der Waals surface area contributed by atoms with E-state index in [9.17, 15) is 19.2 Å². The molecular formula is C31H24BrN3O5S. The molecule has 4 aromatic carbocycles. The van der Waals surface area contributed by atoms with Gasteiger partial charge >= 0.3 is 5.97 Å². The van der Waals surface area contributed by atoms with Crippen molar-refractivity contribution in [3.05, 3.63) is 130 Å². The summed E-state index contributed by atoms with van der Waals surface area (Å²) in [5.74, 6) is -2.05. The highest BCUT2D eigenvalue weighted by Gasteiger charge is 2.15. The summed E-state index contributed by atoms with van der Waals surface area (Å²) in [4.78, 5) is 50.0. The number of amides is 3. The Morgan fingerprint density at radius 2 is 1.34 bits per heavy atom. The Balaban J connectivity index is 1.37. The molecule has 0 radical (unpaired) electrons. The van der Waals surface area contributed by atoms with E-state index in [1.807, 2.05) is 24.3 Å². The molecule has 4 rings (SSSR count). The molecule has 0 aliphatic rings. The number of hydrogen-bond acceptors (Lipinski definition) is 5. The van der Waals surface area contributed by atoms with E-state index in [1.54, 1.807) is 60.7 Å². The third-order valence-corrected chi connectivity index (χ3v) is 7.15. The molecule has 10 heteroatoms.